The predicted octanol–water partition coefficient (Wildman–Crippen LogP) is 3.61. The zero-order valence-electron chi connectivity index (χ0n) is 11.7. The second-order valence-electron chi connectivity index (χ2n) is 4.96. The number of carbonyl (C=O) groups is 2. The topological polar surface area (TPSA) is 37.4 Å². The molecule has 3 nitrogen and oxygen atoms in total. The average molecular weight is 277 g/mol. The maximum Gasteiger partial charge on any atom is 0.261 e. The Balaban J connectivity index is 2.02. The number of carbonyl (C=O) groups excluding carboxylic acids is 2. The number of hydrogen-bond donors (Lipinski definition) is 0. The first kappa shape index (κ1) is 13.3. The quantitative estimate of drug-likeness (QED) is 0.621. The van der Waals surface area contributed by atoms with E-state index in [4.69, 9.17) is 0 Å². The highest BCUT2D eigenvalue weighted by Gasteiger charge is 2.34. The molecular formula is C18H15NO2. The van der Waals surface area contributed by atoms with Gasteiger partial charge in [0.2, 0.25) is 5.91 Å². The number of allylic oxidation sites excluding steroid dienone is 3. The fraction of sp³-hybridized carbons (Fsp3) is 0.111. The Morgan fingerprint density at radius 3 is 2.57 bits per heavy atom. The number of benzene rings is 2. The first-order valence-corrected chi connectivity index (χ1v) is 6.88. The number of fused-ring (bicyclic) bond motifs is 1. The van der Waals surface area contributed by atoms with E-state index >= 15 is 0 Å². The molecule has 2 aromatic rings. The Bertz CT molecular complexity index is 787. The highest BCUT2D eigenvalue weighted by atomic mass is 16.2. The number of nitrogens with zero attached hydrogens (tertiary/aromatic N) is 1. The van der Waals surface area contributed by atoms with Gasteiger partial charge in [0.05, 0.1) is 12.1 Å². The molecule has 1 fully saturated rings. The maximum absolute atomic E-state index is 12.4. The van der Waals surface area contributed by atoms with Gasteiger partial charge in [0.25, 0.3) is 5.91 Å². The second-order valence-corrected chi connectivity index (χ2v) is 4.96. The van der Waals surface area contributed by atoms with E-state index in [1.165, 1.54) is 4.90 Å². The summed E-state index contributed by atoms with van der Waals surface area (Å²) < 4.78 is 0. The van der Waals surface area contributed by atoms with Gasteiger partial charge in [-0.1, -0.05) is 48.6 Å². The van der Waals surface area contributed by atoms with Crippen LogP contribution in [0.4, 0.5) is 5.69 Å². The molecule has 104 valence electrons. The lowest BCUT2D eigenvalue weighted by molar-refractivity contribution is -0.120. The molecule has 1 aliphatic rings. The first-order valence-electron chi connectivity index (χ1n) is 6.88. The van der Waals surface area contributed by atoms with Gasteiger partial charge < -0.3 is 0 Å². The molecule has 2 aromatic carbocycles. The van der Waals surface area contributed by atoms with Crippen LogP contribution >= 0.6 is 0 Å². The lowest BCUT2D eigenvalue weighted by Gasteiger charge is -2.14. The minimum atomic E-state index is -0.228. The molecule has 2 amide bonds. The molecule has 0 atom stereocenters. The van der Waals surface area contributed by atoms with E-state index in [1.807, 2.05) is 55.5 Å². The highest BCUT2D eigenvalue weighted by molar-refractivity contribution is 6.28. The van der Waals surface area contributed by atoms with Crippen molar-refractivity contribution in [3.8, 4) is 0 Å². The zero-order valence-corrected chi connectivity index (χ0v) is 11.7. The summed E-state index contributed by atoms with van der Waals surface area (Å²) in [5.74, 6) is -0.403. The summed E-state index contributed by atoms with van der Waals surface area (Å²) in [7, 11) is 0. The van der Waals surface area contributed by atoms with Crippen LogP contribution in [0.15, 0.2) is 66.3 Å². The van der Waals surface area contributed by atoms with Crippen LogP contribution in [0.1, 0.15) is 13.3 Å². The molecular weight excluding hydrogens is 262 g/mol. The van der Waals surface area contributed by atoms with Gasteiger partial charge in [0.15, 0.2) is 0 Å². The van der Waals surface area contributed by atoms with Gasteiger partial charge in [-0.3, -0.25) is 9.59 Å². The van der Waals surface area contributed by atoms with Crippen molar-refractivity contribution in [1.82, 2.24) is 0 Å². The molecule has 3 heteroatoms. The van der Waals surface area contributed by atoms with Gasteiger partial charge >= 0.3 is 0 Å². The van der Waals surface area contributed by atoms with Crippen LogP contribution < -0.4 is 4.90 Å². The molecule has 21 heavy (non-hydrogen) atoms. The molecule has 0 saturated carbocycles. The monoisotopic (exact) mass is 277 g/mol. The van der Waals surface area contributed by atoms with Crippen molar-refractivity contribution in [3.63, 3.8) is 0 Å². The number of anilines is 1. The molecule has 0 spiro atoms. The van der Waals surface area contributed by atoms with Gasteiger partial charge in [0, 0.05) is 5.57 Å². The van der Waals surface area contributed by atoms with Crippen molar-refractivity contribution in [3.05, 3.63) is 66.3 Å². The van der Waals surface area contributed by atoms with Crippen molar-refractivity contribution in [1.29, 1.82) is 0 Å². The number of hydrogen-bond acceptors (Lipinski definition) is 2. The Hall–Kier alpha value is -2.68. The van der Waals surface area contributed by atoms with E-state index in [1.54, 1.807) is 12.2 Å². The average Bonchev–Trinajstić information content (AvgIpc) is 2.79. The molecule has 0 bridgehead atoms. The maximum atomic E-state index is 12.4. The molecule has 1 aliphatic heterocycles. The number of imide groups is 1. The van der Waals surface area contributed by atoms with Gasteiger partial charge in [-0.25, -0.2) is 4.90 Å². The third-order valence-corrected chi connectivity index (χ3v) is 3.55. The summed E-state index contributed by atoms with van der Waals surface area (Å²) in [6, 6.07) is 13.5. The minimum Gasteiger partial charge on any atom is -0.274 e. The van der Waals surface area contributed by atoms with Gasteiger partial charge in [0.1, 0.15) is 0 Å². The third kappa shape index (κ3) is 2.38. The third-order valence-electron chi connectivity index (χ3n) is 3.55. The van der Waals surface area contributed by atoms with E-state index in [2.05, 4.69) is 0 Å². The summed E-state index contributed by atoms with van der Waals surface area (Å²) >= 11 is 0. The second kappa shape index (κ2) is 5.37. The summed E-state index contributed by atoms with van der Waals surface area (Å²) in [4.78, 5) is 25.8. The van der Waals surface area contributed by atoms with Gasteiger partial charge in [-0.05, 0) is 29.8 Å². The largest absolute Gasteiger partial charge is 0.274 e. The van der Waals surface area contributed by atoms with Crippen molar-refractivity contribution in [2.75, 3.05) is 4.90 Å². The van der Waals surface area contributed by atoms with Crippen molar-refractivity contribution >= 4 is 28.3 Å². The van der Waals surface area contributed by atoms with E-state index in [0.717, 1.165) is 10.8 Å². The molecule has 0 radical (unpaired) electrons. The summed E-state index contributed by atoms with van der Waals surface area (Å²) in [6.07, 6.45) is 5.49. The molecule has 3 rings (SSSR count). The van der Waals surface area contributed by atoms with Crippen LogP contribution in [0.2, 0.25) is 0 Å². The van der Waals surface area contributed by atoms with Crippen LogP contribution in [0, 0.1) is 0 Å². The Labute approximate surface area is 123 Å². The molecule has 0 aliphatic carbocycles. The van der Waals surface area contributed by atoms with Crippen LogP contribution in [0.5, 0.6) is 0 Å². The Morgan fingerprint density at radius 2 is 1.81 bits per heavy atom. The first-order chi connectivity index (χ1) is 10.2. The van der Waals surface area contributed by atoms with Gasteiger partial charge in [-0.15, -0.1) is 0 Å². The number of rotatable bonds is 2. The van der Waals surface area contributed by atoms with Gasteiger partial charge in [-0.2, -0.15) is 0 Å². The summed E-state index contributed by atoms with van der Waals surface area (Å²) in [5.41, 5.74) is 1.17. The Morgan fingerprint density at radius 1 is 1.05 bits per heavy atom. The fourth-order valence-electron chi connectivity index (χ4n) is 2.49. The zero-order chi connectivity index (χ0) is 14.8. The molecule has 0 unspecified atom stereocenters. The van der Waals surface area contributed by atoms with E-state index in [-0.39, 0.29) is 18.2 Å². The lowest BCUT2D eigenvalue weighted by Crippen LogP contribution is -2.28. The molecule has 0 aromatic heterocycles. The van der Waals surface area contributed by atoms with Crippen LogP contribution in [0.3, 0.4) is 0 Å². The minimum absolute atomic E-state index is 0.163. The van der Waals surface area contributed by atoms with Crippen LogP contribution in [-0.4, -0.2) is 11.8 Å². The normalized spacial score (nSPS) is 17.6. The van der Waals surface area contributed by atoms with Crippen molar-refractivity contribution in [2.24, 2.45) is 0 Å². The Kier molecular flexibility index (Phi) is 3.40. The molecule has 1 heterocycles. The van der Waals surface area contributed by atoms with E-state index < -0.39 is 0 Å². The summed E-state index contributed by atoms with van der Waals surface area (Å²) in [5, 5.41) is 2.10. The lowest BCUT2D eigenvalue weighted by atomic mass is 10.1. The standard InChI is InChI=1S/C18H15NO2/c1-2-3-6-15-12-17(20)19(18(15)21)16-10-9-13-7-4-5-8-14(13)11-16/h2-11H,12H2,1H3. The smallest absolute Gasteiger partial charge is 0.261 e. The van der Waals surface area contributed by atoms with E-state index in [9.17, 15) is 9.59 Å². The van der Waals surface area contributed by atoms with Crippen LogP contribution in [-0.2, 0) is 9.59 Å². The SMILES string of the molecule is CC=CC=C1CC(=O)N(c2ccc3ccccc3c2)C1=O. The van der Waals surface area contributed by atoms with E-state index in [0.29, 0.717) is 11.3 Å². The number of amides is 2. The van der Waals surface area contributed by atoms with Crippen molar-refractivity contribution < 1.29 is 9.59 Å². The highest BCUT2D eigenvalue weighted by Crippen LogP contribution is 2.28. The van der Waals surface area contributed by atoms with Crippen LogP contribution in [0.25, 0.3) is 10.8 Å². The van der Waals surface area contributed by atoms with Crippen molar-refractivity contribution in [2.45, 2.75) is 13.3 Å². The fourth-order valence-corrected chi connectivity index (χ4v) is 2.49. The summed E-state index contributed by atoms with van der Waals surface area (Å²) in [6.45, 7) is 1.87. The predicted molar refractivity (Wildman–Crippen MR) is 84.0 cm³/mol. The molecule has 1 saturated heterocycles. The molecule has 0 N–H and O–H groups in total.